The average Bonchev–Trinajstić information content (AvgIpc) is 2.25. The minimum absolute atomic E-state index is 0.586. The van der Waals surface area contributed by atoms with Crippen molar-refractivity contribution in [1.29, 1.82) is 0 Å². The molecule has 0 aliphatic heterocycles. The summed E-state index contributed by atoms with van der Waals surface area (Å²) >= 11 is 13.3. The predicted molar refractivity (Wildman–Crippen MR) is 66.8 cm³/mol. The van der Waals surface area contributed by atoms with Crippen LogP contribution in [0.3, 0.4) is 0 Å². The lowest BCUT2D eigenvalue weighted by atomic mass is 10.1. The normalized spacial score (nSPS) is 10.5. The summed E-state index contributed by atoms with van der Waals surface area (Å²) in [5.41, 5.74) is 2.56. The standard InChI is InChI=1S/C11H14Cl2S/c1-14-11-5-4-9(8-13)7-10(11)3-2-6-12/h4-5,7H,2-3,6,8H2,1H3. The van der Waals surface area contributed by atoms with Gasteiger partial charge in [-0.15, -0.1) is 35.0 Å². The summed E-state index contributed by atoms with van der Waals surface area (Å²) in [6.07, 6.45) is 4.17. The molecule has 0 nitrogen and oxygen atoms in total. The summed E-state index contributed by atoms with van der Waals surface area (Å²) in [5, 5.41) is 0. The Kier molecular flexibility index (Phi) is 5.76. The van der Waals surface area contributed by atoms with E-state index in [2.05, 4.69) is 24.5 Å². The van der Waals surface area contributed by atoms with Crippen molar-refractivity contribution in [3.8, 4) is 0 Å². The number of benzene rings is 1. The van der Waals surface area contributed by atoms with Crippen LogP contribution in [0.2, 0.25) is 0 Å². The molecule has 0 bridgehead atoms. The molecule has 0 aliphatic rings. The van der Waals surface area contributed by atoms with Gasteiger partial charge in [-0.05, 0) is 36.3 Å². The molecule has 0 saturated heterocycles. The van der Waals surface area contributed by atoms with E-state index in [9.17, 15) is 0 Å². The molecule has 0 heterocycles. The Morgan fingerprint density at radius 1 is 1.29 bits per heavy atom. The molecule has 1 aromatic rings. The highest BCUT2D eigenvalue weighted by molar-refractivity contribution is 7.98. The monoisotopic (exact) mass is 248 g/mol. The second-order valence-electron chi connectivity index (χ2n) is 3.07. The van der Waals surface area contributed by atoms with Gasteiger partial charge in [-0.3, -0.25) is 0 Å². The summed E-state index contributed by atoms with van der Waals surface area (Å²) in [6, 6.07) is 6.42. The van der Waals surface area contributed by atoms with E-state index >= 15 is 0 Å². The van der Waals surface area contributed by atoms with Crippen molar-refractivity contribution in [3.63, 3.8) is 0 Å². The van der Waals surface area contributed by atoms with Crippen molar-refractivity contribution in [2.24, 2.45) is 0 Å². The number of hydrogen-bond acceptors (Lipinski definition) is 1. The van der Waals surface area contributed by atoms with Gasteiger partial charge in [0.2, 0.25) is 0 Å². The first-order valence-corrected chi connectivity index (χ1v) is 6.89. The first-order valence-electron chi connectivity index (χ1n) is 4.59. The Morgan fingerprint density at radius 2 is 2.07 bits per heavy atom. The van der Waals surface area contributed by atoms with E-state index in [1.807, 2.05) is 0 Å². The molecule has 0 unspecified atom stereocenters. The maximum Gasteiger partial charge on any atom is 0.0474 e. The lowest BCUT2D eigenvalue weighted by molar-refractivity contribution is 0.904. The molecule has 0 spiro atoms. The third-order valence-corrected chi connectivity index (χ3v) is 3.49. The fourth-order valence-electron chi connectivity index (χ4n) is 1.37. The fraction of sp³-hybridized carbons (Fsp3) is 0.455. The summed E-state index contributed by atoms with van der Waals surface area (Å²) < 4.78 is 0. The smallest absolute Gasteiger partial charge is 0.0474 e. The van der Waals surface area contributed by atoms with E-state index in [1.165, 1.54) is 16.0 Å². The van der Waals surface area contributed by atoms with Crippen molar-refractivity contribution < 1.29 is 0 Å². The topological polar surface area (TPSA) is 0 Å². The number of thioether (sulfide) groups is 1. The molecule has 0 N–H and O–H groups in total. The molecule has 14 heavy (non-hydrogen) atoms. The van der Waals surface area contributed by atoms with Crippen LogP contribution in [0.4, 0.5) is 0 Å². The Hall–Kier alpha value is 0.150. The van der Waals surface area contributed by atoms with Crippen LogP contribution < -0.4 is 0 Å². The number of halogens is 2. The molecule has 0 amide bonds. The average molecular weight is 249 g/mol. The number of aryl methyl sites for hydroxylation is 1. The first-order chi connectivity index (χ1) is 6.81. The highest BCUT2D eigenvalue weighted by Crippen LogP contribution is 2.23. The van der Waals surface area contributed by atoms with Gasteiger partial charge in [0.1, 0.15) is 0 Å². The third-order valence-electron chi connectivity index (χ3n) is 2.08. The largest absolute Gasteiger partial charge is 0.129 e. The molecule has 78 valence electrons. The van der Waals surface area contributed by atoms with Gasteiger partial charge in [-0.25, -0.2) is 0 Å². The van der Waals surface area contributed by atoms with Gasteiger partial charge in [0, 0.05) is 16.7 Å². The Bertz CT molecular complexity index is 287. The van der Waals surface area contributed by atoms with Gasteiger partial charge < -0.3 is 0 Å². The number of hydrogen-bond donors (Lipinski definition) is 0. The zero-order valence-corrected chi connectivity index (χ0v) is 10.6. The lowest BCUT2D eigenvalue weighted by Gasteiger charge is -2.08. The summed E-state index contributed by atoms with van der Waals surface area (Å²) in [5.74, 6) is 1.31. The molecule has 0 saturated carbocycles. The van der Waals surface area contributed by atoms with Gasteiger partial charge >= 0.3 is 0 Å². The molecule has 0 aliphatic carbocycles. The van der Waals surface area contributed by atoms with Crippen molar-refractivity contribution >= 4 is 35.0 Å². The van der Waals surface area contributed by atoms with Crippen LogP contribution in [-0.4, -0.2) is 12.1 Å². The highest BCUT2D eigenvalue weighted by atomic mass is 35.5. The first kappa shape index (κ1) is 12.2. The lowest BCUT2D eigenvalue weighted by Crippen LogP contribution is -1.91. The van der Waals surface area contributed by atoms with E-state index in [1.54, 1.807) is 11.8 Å². The van der Waals surface area contributed by atoms with E-state index in [-0.39, 0.29) is 0 Å². The fourth-order valence-corrected chi connectivity index (χ4v) is 2.29. The van der Waals surface area contributed by atoms with Crippen molar-refractivity contribution in [2.75, 3.05) is 12.1 Å². The van der Waals surface area contributed by atoms with Crippen molar-refractivity contribution in [1.82, 2.24) is 0 Å². The van der Waals surface area contributed by atoms with Crippen LogP contribution in [0.15, 0.2) is 23.1 Å². The van der Waals surface area contributed by atoms with Gasteiger partial charge in [0.05, 0.1) is 0 Å². The van der Waals surface area contributed by atoms with Crippen LogP contribution in [0, 0.1) is 0 Å². The van der Waals surface area contributed by atoms with Crippen LogP contribution in [0.1, 0.15) is 17.5 Å². The molecule has 0 aromatic heterocycles. The quantitative estimate of drug-likeness (QED) is 0.553. The number of alkyl halides is 2. The van der Waals surface area contributed by atoms with Crippen LogP contribution in [0.25, 0.3) is 0 Å². The molecule has 1 aromatic carbocycles. The molecule has 1 rings (SSSR count). The molecule has 0 atom stereocenters. The van der Waals surface area contributed by atoms with Crippen LogP contribution >= 0.6 is 35.0 Å². The third kappa shape index (κ3) is 3.38. The zero-order valence-electron chi connectivity index (χ0n) is 8.22. The maximum atomic E-state index is 5.80. The van der Waals surface area contributed by atoms with E-state index < -0.39 is 0 Å². The highest BCUT2D eigenvalue weighted by Gasteiger charge is 2.02. The molecule has 0 fully saturated rings. The Balaban J connectivity index is 2.84. The van der Waals surface area contributed by atoms with E-state index in [0.29, 0.717) is 5.88 Å². The molecule has 3 heteroatoms. The van der Waals surface area contributed by atoms with E-state index in [4.69, 9.17) is 23.2 Å². The van der Waals surface area contributed by atoms with Gasteiger partial charge in [0.25, 0.3) is 0 Å². The Morgan fingerprint density at radius 3 is 2.64 bits per heavy atom. The predicted octanol–water partition coefficient (Wildman–Crippen LogP) is 4.32. The maximum absolute atomic E-state index is 5.80. The van der Waals surface area contributed by atoms with Crippen LogP contribution in [-0.2, 0) is 12.3 Å². The summed E-state index contributed by atoms with van der Waals surface area (Å²) in [7, 11) is 0. The second-order valence-corrected chi connectivity index (χ2v) is 4.57. The minimum atomic E-state index is 0.586. The van der Waals surface area contributed by atoms with Crippen LogP contribution in [0.5, 0.6) is 0 Å². The second kappa shape index (κ2) is 6.60. The molecular weight excluding hydrogens is 235 g/mol. The van der Waals surface area contributed by atoms with Gasteiger partial charge in [0.15, 0.2) is 0 Å². The van der Waals surface area contributed by atoms with Gasteiger partial charge in [-0.2, -0.15) is 0 Å². The Labute approximate surface area is 100.0 Å². The van der Waals surface area contributed by atoms with E-state index in [0.717, 1.165) is 18.7 Å². The minimum Gasteiger partial charge on any atom is -0.129 e. The van der Waals surface area contributed by atoms with Gasteiger partial charge in [-0.1, -0.05) is 12.1 Å². The van der Waals surface area contributed by atoms with Crippen molar-refractivity contribution in [2.45, 2.75) is 23.6 Å². The number of rotatable bonds is 5. The molecular formula is C11H14Cl2S. The summed E-state index contributed by atoms with van der Waals surface area (Å²) in [6.45, 7) is 0. The zero-order chi connectivity index (χ0) is 10.4. The summed E-state index contributed by atoms with van der Waals surface area (Å²) in [4.78, 5) is 1.34. The SMILES string of the molecule is CSc1ccc(CCl)cc1CCCCl. The van der Waals surface area contributed by atoms with Crippen molar-refractivity contribution in [3.05, 3.63) is 29.3 Å². The molecule has 0 radical (unpaired) electrons.